The van der Waals surface area contributed by atoms with E-state index in [9.17, 15) is 4.39 Å². The van der Waals surface area contributed by atoms with E-state index in [0.717, 1.165) is 0 Å². The van der Waals surface area contributed by atoms with Crippen LogP contribution in [0.1, 0.15) is 0 Å². The Bertz CT molecular complexity index is 482. The normalized spacial score (nSPS) is 10.3. The van der Waals surface area contributed by atoms with Gasteiger partial charge in [-0.05, 0) is 12.1 Å². The summed E-state index contributed by atoms with van der Waals surface area (Å²) in [4.78, 5) is 3.70. The molecule has 0 saturated heterocycles. The van der Waals surface area contributed by atoms with Crippen molar-refractivity contribution in [1.29, 1.82) is 0 Å². The molecule has 0 aliphatic heterocycles. The highest BCUT2D eigenvalue weighted by Gasteiger charge is 2.15. The zero-order chi connectivity index (χ0) is 10.8. The number of ether oxygens (including phenoxy) is 1. The monoisotopic (exact) mass is 208 g/mol. The molecule has 78 valence electrons. The van der Waals surface area contributed by atoms with Crippen LogP contribution in [0.15, 0.2) is 28.8 Å². The average molecular weight is 208 g/mol. The fourth-order valence-corrected chi connectivity index (χ4v) is 1.32. The molecule has 1 aromatic carbocycles. The van der Waals surface area contributed by atoms with E-state index in [1.54, 1.807) is 12.1 Å². The van der Waals surface area contributed by atoms with Crippen LogP contribution < -0.4 is 10.5 Å². The molecule has 4 nitrogen and oxygen atoms in total. The molecule has 0 amide bonds. The van der Waals surface area contributed by atoms with E-state index < -0.39 is 5.82 Å². The van der Waals surface area contributed by atoms with E-state index in [1.165, 1.54) is 19.4 Å². The van der Waals surface area contributed by atoms with Crippen LogP contribution in [0.3, 0.4) is 0 Å². The topological polar surface area (TPSA) is 61.3 Å². The second-order valence-corrected chi connectivity index (χ2v) is 2.88. The Morgan fingerprint density at radius 1 is 1.47 bits per heavy atom. The SMILES string of the molecule is COc1cccc(F)c1-c1cnc(N)o1. The zero-order valence-electron chi connectivity index (χ0n) is 8.03. The van der Waals surface area contributed by atoms with Crippen LogP contribution in [0.4, 0.5) is 10.4 Å². The lowest BCUT2D eigenvalue weighted by Crippen LogP contribution is -1.90. The summed E-state index contributed by atoms with van der Waals surface area (Å²) in [6.45, 7) is 0. The minimum absolute atomic E-state index is 0.00435. The van der Waals surface area contributed by atoms with Crippen molar-refractivity contribution >= 4 is 6.01 Å². The minimum Gasteiger partial charge on any atom is -0.496 e. The Hall–Kier alpha value is -2.04. The molecular formula is C10H9FN2O2. The van der Waals surface area contributed by atoms with Crippen LogP contribution in [0, 0.1) is 5.82 Å². The number of nitrogens with two attached hydrogens (primary N) is 1. The number of methoxy groups -OCH3 is 1. The van der Waals surface area contributed by atoms with Crippen LogP contribution in [0.5, 0.6) is 5.75 Å². The highest BCUT2D eigenvalue weighted by molar-refractivity contribution is 5.66. The molecule has 15 heavy (non-hydrogen) atoms. The first-order chi connectivity index (χ1) is 7.22. The Morgan fingerprint density at radius 3 is 2.87 bits per heavy atom. The van der Waals surface area contributed by atoms with Crippen LogP contribution >= 0.6 is 0 Å². The summed E-state index contributed by atoms with van der Waals surface area (Å²) >= 11 is 0. The summed E-state index contributed by atoms with van der Waals surface area (Å²) in [5, 5.41) is 0. The van der Waals surface area contributed by atoms with Crippen molar-refractivity contribution < 1.29 is 13.5 Å². The average Bonchev–Trinajstić information content (AvgIpc) is 2.64. The van der Waals surface area contributed by atoms with Gasteiger partial charge in [0.1, 0.15) is 11.6 Å². The number of rotatable bonds is 2. The van der Waals surface area contributed by atoms with Gasteiger partial charge in [-0.3, -0.25) is 0 Å². The third-order valence-electron chi connectivity index (χ3n) is 1.97. The van der Waals surface area contributed by atoms with Gasteiger partial charge < -0.3 is 14.9 Å². The molecule has 2 rings (SSSR count). The molecule has 0 fully saturated rings. The van der Waals surface area contributed by atoms with E-state index in [0.29, 0.717) is 5.75 Å². The Labute approximate surface area is 85.5 Å². The highest BCUT2D eigenvalue weighted by atomic mass is 19.1. The van der Waals surface area contributed by atoms with E-state index >= 15 is 0 Å². The van der Waals surface area contributed by atoms with Crippen molar-refractivity contribution in [3.8, 4) is 17.1 Å². The first-order valence-corrected chi connectivity index (χ1v) is 4.26. The molecule has 0 unspecified atom stereocenters. The number of aromatic nitrogens is 1. The lowest BCUT2D eigenvalue weighted by Gasteiger charge is -2.05. The first-order valence-electron chi connectivity index (χ1n) is 4.26. The number of nitrogens with zero attached hydrogens (tertiary/aromatic N) is 1. The van der Waals surface area contributed by atoms with Gasteiger partial charge in [0.05, 0.1) is 18.9 Å². The molecule has 1 aromatic heterocycles. The number of benzene rings is 1. The van der Waals surface area contributed by atoms with Gasteiger partial charge in [-0.25, -0.2) is 9.37 Å². The molecule has 0 spiro atoms. The summed E-state index contributed by atoms with van der Waals surface area (Å²) in [6.07, 6.45) is 1.36. The van der Waals surface area contributed by atoms with Gasteiger partial charge in [-0.2, -0.15) is 0 Å². The number of anilines is 1. The van der Waals surface area contributed by atoms with Crippen molar-refractivity contribution in [1.82, 2.24) is 4.98 Å². The Balaban J connectivity index is 2.60. The third-order valence-corrected chi connectivity index (χ3v) is 1.97. The van der Waals surface area contributed by atoms with Crippen molar-refractivity contribution in [2.24, 2.45) is 0 Å². The fourth-order valence-electron chi connectivity index (χ4n) is 1.32. The predicted molar refractivity (Wildman–Crippen MR) is 52.9 cm³/mol. The fraction of sp³-hybridized carbons (Fsp3) is 0.100. The van der Waals surface area contributed by atoms with Crippen LogP contribution in [-0.4, -0.2) is 12.1 Å². The second kappa shape index (κ2) is 3.61. The number of hydrogen-bond donors (Lipinski definition) is 1. The Kier molecular flexibility index (Phi) is 2.29. The van der Waals surface area contributed by atoms with Crippen molar-refractivity contribution in [2.45, 2.75) is 0 Å². The molecule has 0 aliphatic carbocycles. The Morgan fingerprint density at radius 2 is 2.27 bits per heavy atom. The van der Waals surface area contributed by atoms with Gasteiger partial charge in [-0.15, -0.1) is 0 Å². The number of nitrogen functional groups attached to an aromatic ring is 1. The largest absolute Gasteiger partial charge is 0.496 e. The van der Waals surface area contributed by atoms with E-state index in [4.69, 9.17) is 14.9 Å². The van der Waals surface area contributed by atoms with Crippen molar-refractivity contribution in [3.05, 3.63) is 30.2 Å². The first kappa shape index (κ1) is 9.51. The molecule has 1 heterocycles. The molecule has 0 radical (unpaired) electrons. The molecule has 2 N–H and O–H groups in total. The van der Waals surface area contributed by atoms with E-state index in [2.05, 4.69) is 4.98 Å². The maximum absolute atomic E-state index is 13.5. The van der Waals surface area contributed by atoms with Crippen LogP contribution in [-0.2, 0) is 0 Å². The number of oxazole rings is 1. The summed E-state index contributed by atoms with van der Waals surface area (Å²) in [5.74, 6) is 0.194. The van der Waals surface area contributed by atoms with Crippen LogP contribution in [0.2, 0.25) is 0 Å². The molecule has 0 saturated carbocycles. The summed E-state index contributed by atoms with van der Waals surface area (Å²) in [6, 6.07) is 4.50. The maximum Gasteiger partial charge on any atom is 0.292 e. The molecule has 0 bridgehead atoms. The van der Waals surface area contributed by atoms with Gasteiger partial charge >= 0.3 is 0 Å². The number of halogens is 1. The maximum atomic E-state index is 13.5. The van der Waals surface area contributed by atoms with Gasteiger partial charge in [0, 0.05) is 0 Å². The summed E-state index contributed by atoms with van der Waals surface area (Å²) in [5.41, 5.74) is 5.54. The smallest absolute Gasteiger partial charge is 0.292 e. The van der Waals surface area contributed by atoms with Gasteiger partial charge in [0.2, 0.25) is 0 Å². The molecular weight excluding hydrogens is 199 g/mol. The molecule has 0 atom stereocenters. The van der Waals surface area contributed by atoms with Crippen molar-refractivity contribution in [3.63, 3.8) is 0 Å². The number of hydrogen-bond acceptors (Lipinski definition) is 4. The standard InChI is InChI=1S/C10H9FN2O2/c1-14-7-4-2-3-6(11)9(7)8-5-13-10(12)15-8/h2-5H,1H3,(H2,12,13). The minimum atomic E-state index is -0.439. The summed E-state index contributed by atoms with van der Waals surface area (Å²) < 4.78 is 23.6. The van der Waals surface area contributed by atoms with Gasteiger partial charge in [0.25, 0.3) is 6.01 Å². The van der Waals surface area contributed by atoms with E-state index in [1.807, 2.05) is 0 Å². The molecule has 5 heteroatoms. The lowest BCUT2D eigenvalue weighted by atomic mass is 10.1. The summed E-state index contributed by atoms with van der Waals surface area (Å²) in [7, 11) is 1.46. The third kappa shape index (κ3) is 1.63. The van der Waals surface area contributed by atoms with Crippen molar-refractivity contribution in [2.75, 3.05) is 12.8 Å². The highest BCUT2D eigenvalue weighted by Crippen LogP contribution is 2.32. The quantitative estimate of drug-likeness (QED) is 0.820. The zero-order valence-corrected chi connectivity index (χ0v) is 8.03. The second-order valence-electron chi connectivity index (χ2n) is 2.88. The van der Waals surface area contributed by atoms with Gasteiger partial charge in [-0.1, -0.05) is 6.07 Å². The lowest BCUT2D eigenvalue weighted by molar-refractivity contribution is 0.411. The van der Waals surface area contributed by atoms with E-state index in [-0.39, 0.29) is 17.3 Å². The van der Waals surface area contributed by atoms with Gasteiger partial charge in [0.15, 0.2) is 5.76 Å². The van der Waals surface area contributed by atoms with Crippen LogP contribution in [0.25, 0.3) is 11.3 Å². The molecule has 0 aliphatic rings. The predicted octanol–water partition coefficient (Wildman–Crippen LogP) is 2.07. The molecule has 2 aromatic rings.